The Morgan fingerprint density at radius 1 is 1.11 bits per heavy atom. The van der Waals surface area contributed by atoms with Crippen molar-refractivity contribution in [1.29, 1.82) is 0 Å². The number of benzene rings is 2. The van der Waals surface area contributed by atoms with E-state index in [2.05, 4.69) is 17.0 Å². The van der Waals surface area contributed by atoms with Crippen LogP contribution in [0.4, 0.5) is 4.39 Å². The maximum atomic E-state index is 13.9. The minimum atomic E-state index is -0.147. The van der Waals surface area contributed by atoms with Gasteiger partial charge in [0.2, 0.25) is 0 Å². The molecule has 1 unspecified atom stereocenters. The molecule has 1 aliphatic heterocycles. The first-order valence-electron chi connectivity index (χ1n) is 6.53. The molecule has 0 radical (unpaired) electrons. The fourth-order valence-corrected chi connectivity index (χ4v) is 2.72. The Morgan fingerprint density at radius 2 is 1.89 bits per heavy atom. The molecule has 0 amide bonds. The van der Waals surface area contributed by atoms with Gasteiger partial charge in [0.25, 0.3) is 0 Å². The smallest absolute Gasteiger partial charge is 0.128 e. The van der Waals surface area contributed by atoms with Gasteiger partial charge < -0.3 is 5.73 Å². The van der Waals surface area contributed by atoms with Crippen LogP contribution in [-0.2, 0) is 13.1 Å². The van der Waals surface area contributed by atoms with Crippen LogP contribution in [0.3, 0.4) is 0 Å². The second-order valence-corrected chi connectivity index (χ2v) is 5.07. The predicted octanol–water partition coefficient (Wildman–Crippen LogP) is 2.84. The average molecular weight is 256 g/mol. The lowest BCUT2D eigenvalue weighted by molar-refractivity contribution is 0.218. The van der Waals surface area contributed by atoms with Crippen LogP contribution in [-0.4, -0.2) is 11.4 Å². The van der Waals surface area contributed by atoms with E-state index in [9.17, 15) is 4.39 Å². The molecule has 2 aromatic carbocycles. The SMILES string of the molecule is NC1CN(Cc2ccccc2)Cc2c(F)cccc21. The van der Waals surface area contributed by atoms with Gasteiger partial charge in [0.15, 0.2) is 0 Å². The molecular formula is C16H17FN2. The fourth-order valence-electron chi connectivity index (χ4n) is 2.72. The van der Waals surface area contributed by atoms with Gasteiger partial charge in [-0.2, -0.15) is 0 Å². The molecule has 2 N–H and O–H groups in total. The van der Waals surface area contributed by atoms with Crippen LogP contribution in [0, 0.1) is 5.82 Å². The number of nitrogens with zero attached hydrogens (tertiary/aromatic N) is 1. The summed E-state index contributed by atoms with van der Waals surface area (Å²) in [5.41, 5.74) is 9.08. The molecule has 98 valence electrons. The maximum Gasteiger partial charge on any atom is 0.128 e. The molecule has 3 heteroatoms. The standard InChI is InChI=1S/C16H17FN2/c17-15-8-4-7-13-14(15)10-19(11-16(13)18)9-12-5-2-1-3-6-12/h1-8,16H,9-11,18H2. The van der Waals surface area contributed by atoms with Crippen LogP contribution in [0.5, 0.6) is 0 Å². The first kappa shape index (κ1) is 12.3. The van der Waals surface area contributed by atoms with E-state index in [1.54, 1.807) is 6.07 Å². The number of hydrogen-bond acceptors (Lipinski definition) is 2. The summed E-state index contributed by atoms with van der Waals surface area (Å²) in [4.78, 5) is 2.20. The normalized spacial score (nSPS) is 19.2. The Morgan fingerprint density at radius 3 is 2.68 bits per heavy atom. The minimum absolute atomic E-state index is 0.108. The Labute approximate surface area is 112 Å². The largest absolute Gasteiger partial charge is 0.323 e. The lowest BCUT2D eigenvalue weighted by Gasteiger charge is -2.33. The summed E-state index contributed by atoms with van der Waals surface area (Å²) in [6.07, 6.45) is 0. The summed E-state index contributed by atoms with van der Waals surface area (Å²) in [6.45, 7) is 2.21. The quantitative estimate of drug-likeness (QED) is 0.895. The first-order chi connectivity index (χ1) is 9.24. The zero-order valence-corrected chi connectivity index (χ0v) is 10.7. The molecular weight excluding hydrogens is 239 g/mol. The van der Waals surface area contributed by atoms with Crippen molar-refractivity contribution in [2.45, 2.75) is 19.1 Å². The van der Waals surface area contributed by atoms with Crippen molar-refractivity contribution in [2.75, 3.05) is 6.54 Å². The molecule has 0 aliphatic carbocycles. The van der Waals surface area contributed by atoms with Crippen molar-refractivity contribution in [3.8, 4) is 0 Å². The Kier molecular flexibility index (Phi) is 3.32. The second kappa shape index (κ2) is 5.11. The van der Waals surface area contributed by atoms with Crippen LogP contribution in [0.15, 0.2) is 48.5 Å². The van der Waals surface area contributed by atoms with Crippen molar-refractivity contribution >= 4 is 0 Å². The zero-order chi connectivity index (χ0) is 13.2. The van der Waals surface area contributed by atoms with E-state index in [0.717, 1.165) is 24.2 Å². The summed E-state index contributed by atoms with van der Waals surface area (Å²) in [5.74, 6) is -0.147. The van der Waals surface area contributed by atoms with E-state index in [1.807, 2.05) is 24.3 Å². The third-order valence-electron chi connectivity index (χ3n) is 3.64. The maximum absolute atomic E-state index is 13.9. The highest BCUT2D eigenvalue weighted by atomic mass is 19.1. The Hall–Kier alpha value is -1.71. The third kappa shape index (κ3) is 2.53. The molecule has 3 rings (SSSR count). The van der Waals surface area contributed by atoms with Gasteiger partial charge in [-0.25, -0.2) is 4.39 Å². The molecule has 0 bridgehead atoms. The highest BCUT2D eigenvalue weighted by Crippen LogP contribution is 2.27. The van der Waals surface area contributed by atoms with Crippen LogP contribution in [0.25, 0.3) is 0 Å². The molecule has 1 atom stereocenters. The number of hydrogen-bond donors (Lipinski definition) is 1. The predicted molar refractivity (Wildman–Crippen MR) is 73.9 cm³/mol. The molecule has 2 nitrogen and oxygen atoms in total. The number of fused-ring (bicyclic) bond motifs is 1. The highest BCUT2D eigenvalue weighted by Gasteiger charge is 2.24. The van der Waals surface area contributed by atoms with Crippen molar-refractivity contribution < 1.29 is 4.39 Å². The number of nitrogens with two attached hydrogens (primary N) is 1. The average Bonchev–Trinajstić information content (AvgIpc) is 2.41. The second-order valence-electron chi connectivity index (χ2n) is 5.07. The minimum Gasteiger partial charge on any atom is -0.323 e. The van der Waals surface area contributed by atoms with Crippen molar-refractivity contribution in [3.05, 3.63) is 71.0 Å². The van der Waals surface area contributed by atoms with E-state index in [-0.39, 0.29) is 11.9 Å². The molecule has 0 spiro atoms. The summed E-state index contributed by atoms with van der Waals surface area (Å²) < 4.78 is 13.9. The van der Waals surface area contributed by atoms with Gasteiger partial charge in [-0.15, -0.1) is 0 Å². The molecule has 0 saturated heterocycles. The van der Waals surface area contributed by atoms with Crippen molar-refractivity contribution in [3.63, 3.8) is 0 Å². The summed E-state index contributed by atoms with van der Waals surface area (Å²) >= 11 is 0. The van der Waals surface area contributed by atoms with E-state index < -0.39 is 0 Å². The molecule has 0 aromatic heterocycles. The van der Waals surface area contributed by atoms with Crippen LogP contribution < -0.4 is 5.73 Å². The topological polar surface area (TPSA) is 29.3 Å². The van der Waals surface area contributed by atoms with E-state index in [0.29, 0.717) is 6.54 Å². The van der Waals surface area contributed by atoms with Gasteiger partial charge >= 0.3 is 0 Å². The van der Waals surface area contributed by atoms with E-state index in [1.165, 1.54) is 11.6 Å². The lowest BCUT2D eigenvalue weighted by Crippen LogP contribution is -2.37. The summed E-state index contributed by atoms with van der Waals surface area (Å²) in [7, 11) is 0. The molecule has 19 heavy (non-hydrogen) atoms. The van der Waals surface area contributed by atoms with Gasteiger partial charge in [-0.05, 0) is 17.2 Å². The molecule has 1 heterocycles. The van der Waals surface area contributed by atoms with E-state index in [4.69, 9.17) is 5.73 Å². The van der Waals surface area contributed by atoms with Gasteiger partial charge in [-0.3, -0.25) is 4.90 Å². The lowest BCUT2D eigenvalue weighted by atomic mass is 9.95. The fraction of sp³-hybridized carbons (Fsp3) is 0.250. The molecule has 2 aromatic rings. The molecule has 1 aliphatic rings. The first-order valence-corrected chi connectivity index (χ1v) is 6.53. The Balaban J connectivity index is 1.83. The van der Waals surface area contributed by atoms with Crippen molar-refractivity contribution in [1.82, 2.24) is 4.90 Å². The van der Waals surface area contributed by atoms with Crippen LogP contribution in [0.1, 0.15) is 22.7 Å². The van der Waals surface area contributed by atoms with Gasteiger partial charge in [0, 0.05) is 31.2 Å². The van der Waals surface area contributed by atoms with Crippen LogP contribution in [0.2, 0.25) is 0 Å². The summed E-state index contributed by atoms with van der Waals surface area (Å²) in [6, 6.07) is 15.3. The third-order valence-corrected chi connectivity index (χ3v) is 3.64. The molecule has 0 fully saturated rings. The van der Waals surface area contributed by atoms with Crippen molar-refractivity contribution in [2.24, 2.45) is 5.73 Å². The van der Waals surface area contributed by atoms with Crippen LogP contribution >= 0.6 is 0 Å². The number of rotatable bonds is 2. The van der Waals surface area contributed by atoms with Gasteiger partial charge in [0.05, 0.1) is 0 Å². The van der Waals surface area contributed by atoms with Gasteiger partial charge in [0.1, 0.15) is 5.82 Å². The molecule has 0 saturated carbocycles. The summed E-state index contributed by atoms with van der Waals surface area (Å²) in [5, 5.41) is 0. The van der Waals surface area contributed by atoms with Gasteiger partial charge in [-0.1, -0.05) is 42.5 Å². The number of halogens is 1. The Bertz CT molecular complexity index is 568. The zero-order valence-electron chi connectivity index (χ0n) is 10.7. The van der Waals surface area contributed by atoms with E-state index >= 15 is 0 Å². The monoisotopic (exact) mass is 256 g/mol. The highest BCUT2D eigenvalue weighted by molar-refractivity contribution is 5.33.